The maximum atomic E-state index is 12.3. The molecular weight excluding hydrogens is 372 g/mol. The molecule has 1 saturated heterocycles. The van der Waals surface area contributed by atoms with E-state index in [1.807, 2.05) is 25.2 Å². The number of carbonyl (C=O) groups is 1. The average Bonchev–Trinajstić information content (AvgIpc) is 2.88. The molecule has 1 amide bonds. The minimum absolute atomic E-state index is 0.0681. The fourth-order valence-electron chi connectivity index (χ4n) is 2.27. The summed E-state index contributed by atoms with van der Waals surface area (Å²) in [5.74, 6) is 0.0681. The zero-order valence-corrected chi connectivity index (χ0v) is 14.2. The molecule has 0 N–H and O–H groups in total. The number of rotatable bonds is 4. The van der Waals surface area contributed by atoms with Crippen LogP contribution in [-0.4, -0.2) is 48.9 Å². The molecule has 104 valence electrons. The molecule has 1 fully saturated rings. The topological polar surface area (TPSA) is 23.6 Å². The van der Waals surface area contributed by atoms with Crippen LogP contribution in [0.4, 0.5) is 0 Å². The number of halogens is 2. The van der Waals surface area contributed by atoms with Crippen molar-refractivity contribution in [1.29, 1.82) is 0 Å². The Morgan fingerprint density at radius 3 is 2.63 bits per heavy atom. The molecule has 1 aliphatic rings. The lowest BCUT2D eigenvalue weighted by molar-refractivity contribution is 0.0781. The minimum Gasteiger partial charge on any atom is -0.340 e. The molecule has 1 aromatic rings. The van der Waals surface area contributed by atoms with Gasteiger partial charge in [-0.1, -0.05) is 15.9 Å². The third-order valence-corrected chi connectivity index (χ3v) is 4.61. The summed E-state index contributed by atoms with van der Waals surface area (Å²) >= 11 is 6.84. The molecule has 3 nitrogen and oxygen atoms in total. The Bertz CT molecular complexity index is 459. The molecule has 19 heavy (non-hydrogen) atoms. The van der Waals surface area contributed by atoms with Gasteiger partial charge >= 0.3 is 0 Å². The number of benzene rings is 1. The highest BCUT2D eigenvalue weighted by Gasteiger charge is 2.17. The van der Waals surface area contributed by atoms with Gasteiger partial charge in [0.05, 0.1) is 5.56 Å². The fraction of sp³-hybridized carbons (Fsp3) is 0.500. The van der Waals surface area contributed by atoms with E-state index in [1.165, 1.54) is 25.9 Å². The van der Waals surface area contributed by atoms with Gasteiger partial charge in [-0.3, -0.25) is 4.79 Å². The summed E-state index contributed by atoms with van der Waals surface area (Å²) in [5, 5.41) is 0. The Morgan fingerprint density at radius 1 is 1.32 bits per heavy atom. The quantitative estimate of drug-likeness (QED) is 0.787. The van der Waals surface area contributed by atoms with Crippen LogP contribution in [0.25, 0.3) is 0 Å². The van der Waals surface area contributed by atoms with Crippen molar-refractivity contribution in [3.8, 4) is 0 Å². The second kappa shape index (κ2) is 6.86. The van der Waals surface area contributed by atoms with Crippen molar-refractivity contribution in [3.05, 3.63) is 32.7 Å². The predicted molar refractivity (Wildman–Crippen MR) is 84.5 cm³/mol. The van der Waals surface area contributed by atoms with Crippen molar-refractivity contribution in [2.75, 3.05) is 33.2 Å². The summed E-state index contributed by atoms with van der Waals surface area (Å²) in [6.07, 6.45) is 2.58. The zero-order valence-electron chi connectivity index (χ0n) is 11.0. The average molecular weight is 390 g/mol. The molecule has 0 aliphatic carbocycles. The van der Waals surface area contributed by atoms with Crippen LogP contribution in [-0.2, 0) is 0 Å². The van der Waals surface area contributed by atoms with E-state index in [2.05, 4.69) is 36.8 Å². The lowest BCUT2D eigenvalue weighted by Crippen LogP contribution is -2.35. The first-order valence-electron chi connectivity index (χ1n) is 6.51. The van der Waals surface area contributed by atoms with Crippen molar-refractivity contribution < 1.29 is 4.79 Å². The van der Waals surface area contributed by atoms with Crippen LogP contribution < -0.4 is 0 Å². The molecule has 0 atom stereocenters. The number of carbonyl (C=O) groups excluding carboxylic acids is 1. The molecule has 0 saturated carbocycles. The zero-order chi connectivity index (χ0) is 13.8. The van der Waals surface area contributed by atoms with Gasteiger partial charge in [0.15, 0.2) is 0 Å². The first-order valence-corrected chi connectivity index (χ1v) is 8.09. The van der Waals surface area contributed by atoms with Crippen LogP contribution in [0.3, 0.4) is 0 Å². The number of likely N-dealkylation sites (tertiary alicyclic amines) is 1. The van der Waals surface area contributed by atoms with E-state index >= 15 is 0 Å². The highest BCUT2D eigenvalue weighted by Crippen LogP contribution is 2.23. The third-order valence-electron chi connectivity index (χ3n) is 3.46. The second-order valence-electron chi connectivity index (χ2n) is 4.90. The molecule has 1 aliphatic heterocycles. The monoisotopic (exact) mass is 388 g/mol. The SMILES string of the molecule is CN(CCN1CCCC1)C(=O)c1ccc(Br)cc1Br. The molecule has 1 heterocycles. The van der Waals surface area contributed by atoms with E-state index < -0.39 is 0 Å². The second-order valence-corrected chi connectivity index (χ2v) is 6.67. The van der Waals surface area contributed by atoms with Crippen molar-refractivity contribution in [1.82, 2.24) is 9.80 Å². The van der Waals surface area contributed by atoms with Crippen molar-refractivity contribution >= 4 is 37.8 Å². The van der Waals surface area contributed by atoms with E-state index in [0.29, 0.717) is 5.56 Å². The van der Waals surface area contributed by atoms with E-state index in [1.54, 1.807) is 4.90 Å². The van der Waals surface area contributed by atoms with Gasteiger partial charge in [0.1, 0.15) is 0 Å². The van der Waals surface area contributed by atoms with Gasteiger partial charge < -0.3 is 9.80 Å². The predicted octanol–water partition coefficient (Wildman–Crippen LogP) is 3.38. The summed E-state index contributed by atoms with van der Waals surface area (Å²) in [5.41, 5.74) is 0.715. The Balaban J connectivity index is 1.94. The van der Waals surface area contributed by atoms with Crippen molar-refractivity contribution in [2.24, 2.45) is 0 Å². The van der Waals surface area contributed by atoms with E-state index in [-0.39, 0.29) is 5.91 Å². The van der Waals surface area contributed by atoms with E-state index in [0.717, 1.165) is 22.0 Å². The Labute approximate surface area is 131 Å². The minimum atomic E-state index is 0.0681. The number of hydrogen-bond donors (Lipinski definition) is 0. The van der Waals surface area contributed by atoms with Gasteiger partial charge in [-0.25, -0.2) is 0 Å². The van der Waals surface area contributed by atoms with Crippen LogP contribution in [0, 0.1) is 0 Å². The molecule has 0 spiro atoms. The number of hydrogen-bond acceptors (Lipinski definition) is 2. The largest absolute Gasteiger partial charge is 0.340 e. The molecule has 0 radical (unpaired) electrons. The molecule has 1 aromatic carbocycles. The Hall–Kier alpha value is -0.390. The maximum absolute atomic E-state index is 12.3. The summed E-state index contributed by atoms with van der Waals surface area (Å²) in [7, 11) is 1.87. The number of likely N-dealkylation sites (N-methyl/N-ethyl adjacent to an activating group) is 1. The van der Waals surface area contributed by atoms with E-state index in [9.17, 15) is 4.79 Å². The van der Waals surface area contributed by atoms with Crippen LogP contribution in [0.15, 0.2) is 27.1 Å². The summed E-state index contributed by atoms with van der Waals surface area (Å²) in [6, 6.07) is 5.65. The lowest BCUT2D eigenvalue weighted by atomic mass is 10.2. The molecule has 0 unspecified atom stereocenters. The summed E-state index contributed by atoms with van der Waals surface area (Å²) in [6.45, 7) is 4.09. The van der Waals surface area contributed by atoms with Crippen molar-refractivity contribution in [2.45, 2.75) is 12.8 Å². The van der Waals surface area contributed by atoms with Crippen LogP contribution >= 0.6 is 31.9 Å². The number of nitrogens with zero attached hydrogens (tertiary/aromatic N) is 2. The first-order chi connectivity index (χ1) is 9.08. The normalized spacial score (nSPS) is 15.7. The molecule has 5 heteroatoms. The molecule has 0 bridgehead atoms. The number of amides is 1. The van der Waals surface area contributed by atoms with E-state index in [4.69, 9.17) is 0 Å². The Morgan fingerprint density at radius 2 is 2.00 bits per heavy atom. The van der Waals surface area contributed by atoms with Gasteiger partial charge in [0.2, 0.25) is 0 Å². The van der Waals surface area contributed by atoms with Gasteiger partial charge in [-0.2, -0.15) is 0 Å². The first kappa shape index (κ1) is 15.0. The van der Waals surface area contributed by atoms with Crippen LogP contribution in [0.2, 0.25) is 0 Å². The van der Waals surface area contributed by atoms with Gasteiger partial charge in [0.25, 0.3) is 5.91 Å². The smallest absolute Gasteiger partial charge is 0.254 e. The van der Waals surface area contributed by atoms with Crippen LogP contribution in [0.5, 0.6) is 0 Å². The van der Waals surface area contributed by atoms with Crippen molar-refractivity contribution in [3.63, 3.8) is 0 Å². The molecule has 0 aromatic heterocycles. The lowest BCUT2D eigenvalue weighted by Gasteiger charge is -2.22. The highest BCUT2D eigenvalue weighted by atomic mass is 79.9. The van der Waals surface area contributed by atoms with Crippen LogP contribution in [0.1, 0.15) is 23.2 Å². The third kappa shape index (κ3) is 4.04. The van der Waals surface area contributed by atoms with Gasteiger partial charge in [-0.05, 0) is 60.1 Å². The molecule has 2 rings (SSSR count). The fourth-order valence-corrected chi connectivity index (χ4v) is 3.48. The molecular formula is C14H18Br2N2O. The standard InChI is InChI=1S/C14H18Br2N2O/c1-17(8-9-18-6-2-3-7-18)14(19)12-5-4-11(15)10-13(12)16/h4-5,10H,2-3,6-9H2,1H3. The van der Waals surface area contributed by atoms with Gasteiger partial charge in [-0.15, -0.1) is 0 Å². The Kier molecular flexibility index (Phi) is 5.42. The summed E-state index contributed by atoms with van der Waals surface area (Å²) in [4.78, 5) is 16.6. The highest BCUT2D eigenvalue weighted by molar-refractivity contribution is 9.11. The maximum Gasteiger partial charge on any atom is 0.254 e. The van der Waals surface area contributed by atoms with Gasteiger partial charge in [0, 0.05) is 29.1 Å². The summed E-state index contributed by atoms with van der Waals surface area (Å²) < 4.78 is 1.80.